The lowest BCUT2D eigenvalue weighted by Gasteiger charge is -1.97. The third-order valence-corrected chi connectivity index (χ3v) is 1.69. The maximum absolute atomic E-state index is 12.7. The molecule has 0 fully saturated rings. The Labute approximate surface area is 88.4 Å². The molecule has 0 spiro atoms. The third kappa shape index (κ3) is 2.63. The molecule has 1 rings (SSSR count). The molecule has 0 aromatic heterocycles. The minimum Gasteiger partial charge on any atom is -0.502 e. The van der Waals surface area contributed by atoms with Gasteiger partial charge in [-0.3, -0.25) is 4.79 Å². The number of aliphatic hydroxyl groups is 1. The molecule has 0 bridgehead atoms. The van der Waals surface area contributed by atoms with Crippen molar-refractivity contribution in [1.82, 2.24) is 0 Å². The van der Waals surface area contributed by atoms with Crippen molar-refractivity contribution < 1.29 is 28.6 Å². The predicted octanol–water partition coefficient (Wildman–Crippen LogP) is 1.67. The molecule has 0 aliphatic rings. The van der Waals surface area contributed by atoms with Crippen LogP contribution in [0.5, 0.6) is 0 Å². The number of carboxylic acids is 1. The van der Waals surface area contributed by atoms with Crippen LogP contribution in [0.2, 0.25) is 0 Å². The molecular weight excluding hydrogens is 222 g/mol. The van der Waals surface area contributed by atoms with Crippen LogP contribution in [0.1, 0.15) is 10.4 Å². The lowest BCUT2D eigenvalue weighted by atomic mass is 10.1. The molecule has 84 valence electrons. The monoisotopic (exact) mass is 228 g/mol. The summed E-state index contributed by atoms with van der Waals surface area (Å²) in [6.07, 6.45) is 0.412. The molecule has 0 heterocycles. The molecule has 1 aromatic rings. The van der Waals surface area contributed by atoms with Crippen molar-refractivity contribution in [3.8, 4) is 0 Å². The topological polar surface area (TPSA) is 74.6 Å². The van der Waals surface area contributed by atoms with Gasteiger partial charge in [0.2, 0.25) is 5.76 Å². The van der Waals surface area contributed by atoms with Gasteiger partial charge >= 0.3 is 5.97 Å². The minimum atomic E-state index is -1.68. The van der Waals surface area contributed by atoms with Gasteiger partial charge < -0.3 is 10.2 Å². The van der Waals surface area contributed by atoms with Crippen LogP contribution in [-0.2, 0) is 4.79 Å². The highest BCUT2D eigenvalue weighted by Gasteiger charge is 2.11. The number of hydrogen-bond acceptors (Lipinski definition) is 3. The van der Waals surface area contributed by atoms with Crippen LogP contribution in [0.4, 0.5) is 8.78 Å². The number of aliphatic carboxylic acids is 1. The second kappa shape index (κ2) is 4.52. The van der Waals surface area contributed by atoms with Crippen molar-refractivity contribution in [3.63, 3.8) is 0 Å². The van der Waals surface area contributed by atoms with Crippen LogP contribution in [0.25, 0.3) is 0 Å². The summed E-state index contributed by atoms with van der Waals surface area (Å²) in [6.45, 7) is 0. The molecule has 0 amide bonds. The van der Waals surface area contributed by atoms with E-state index in [1.54, 1.807) is 0 Å². The van der Waals surface area contributed by atoms with Gasteiger partial charge in [-0.15, -0.1) is 0 Å². The maximum Gasteiger partial charge on any atom is 0.371 e. The average Bonchev–Trinajstić information content (AvgIpc) is 2.21. The van der Waals surface area contributed by atoms with Gasteiger partial charge in [-0.05, 0) is 18.2 Å². The number of aliphatic hydroxyl groups excluding tert-OH is 1. The van der Waals surface area contributed by atoms with Gasteiger partial charge in [-0.1, -0.05) is 0 Å². The highest BCUT2D eigenvalue weighted by molar-refractivity contribution is 6.07. The summed E-state index contributed by atoms with van der Waals surface area (Å²) in [5, 5.41) is 17.0. The molecule has 0 radical (unpaired) electrons. The molecule has 0 aliphatic heterocycles. The van der Waals surface area contributed by atoms with Gasteiger partial charge in [0.1, 0.15) is 0 Å². The maximum atomic E-state index is 12.7. The second-order valence-corrected chi connectivity index (χ2v) is 2.83. The van der Waals surface area contributed by atoms with E-state index in [9.17, 15) is 18.4 Å². The Kier molecular flexibility index (Phi) is 3.34. The summed E-state index contributed by atoms with van der Waals surface area (Å²) in [6, 6.07) is 2.32. The zero-order chi connectivity index (χ0) is 12.3. The summed E-state index contributed by atoms with van der Waals surface area (Å²) < 4.78 is 25.2. The fraction of sp³-hybridized carbons (Fsp3) is 0. The van der Waals surface area contributed by atoms with Crippen molar-refractivity contribution in [2.24, 2.45) is 0 Å². The van der Waals surface area contributed by atoms with E-state index in [2.05, 4.69) is 0 Å². The number of ketones is 1. The van der Waals surface area contributed by atoms with Crippen LogP contribution < -0.4 is 0 Å². The van der Waals surface area contributed by atoms with Gasteiger partial charge in [-0.2, -0.15) is 0 Å². The van der Waals surface area contributed by atoms with Gasteiger partial charge in [0.25, 0.3) is 0 Å². The smallest absolute Gasteiger partial charge is 0.371 e. The number of carbonyl (C=O) groups excluding carboxylic acids is 1. The summed E-state index contributed by atoms with van der Waals surface area (Å²) in [4.78, 5) is 21.4. The van der Waals surface area contributed by atoms with E-state index in [0.29, 0.717) is 12.1 Å². The van der Waals surface area contributed by atoms with E-state index in [1.165, 1.54) is 0 Å². The van der Waals surface area contributed by atoms with Crippen LogP contribution in [0, 0.1) is 11.6 Å². The fourth-order valence-electron chi connectivity index (χ4n) is 0.919. The second-order valence-electron chi connectivity index (χ2n) is 2.83. The first-order valence-corrected chi connectivity index (χ1v) is 4.05. The normalized spacial score (nSPS) is 11.2. The Morgan fingerprint density at radius 1 is 1.12 bits per heavy atom. The van der Waals surface area contributed by atoms with Crippen LogP contribution in [-0.4, -0.2) is 22.0 Å². The predicted molar refractivity (Wildman–Crippen MR) is 49.0 cm³/mol. The molecule has 1 aromatic carbocycles. The molecule has 2 N–H and O–H groups in total. The minimum absolute atomic E-state index is 0.258. The number of halogens is 2. The molecule has 0 saturated carbocycles. The van der Waals surface area contributed by atoms with E-state index in [4.69, 9.17) is 10.2 Å². The van der Waals surface area contributed by atoms with Gasteiger partial charge in [0.15, 0.2) is 17.4 Å². The van der Waals surface area contributed by atoms with Crippen molar-refractivity contribution in [2.45, 2.75) is 0 Å². The van der Waals surface area contributed by atoms with Crippen molar-refractivity contribution in [2.75, 3.05) is 0 Å². The largest absolute Gasteiger partial charge is 0.502 e. The van der Waals surface area contributed by atoms with Crippen molar-refractivity contribution in [3.05, 3.63) is 47.2 Å². The molecule has 0 saturated heterocycles. The first kappa shape index (κ1) is 11.8. The van der Waals surface area contributed by atoms with Crippen molar-refractivity contribution >= 4 is 11.8 Å². The molecular formula is C10H6F2O4. The lowest BCUT2D eigenvalue weighted by Crippen LogP contribution is -2.04. The molecule has 0 unspecified atom stereocenters. The number of rotatable bonds is 3. The van der Waals surface area contributed by atoms with E-state index < -0.39 is 29.1 Å². The molecule has 0 aliphatic carbocycles. The highest BCUT2D eigenvalue weighted by atomic mass is 19.2. The quantitative estimate of drug-likeness (QED) is 0.468. The SMILES string of the molecule is O=C(O)/C(O)=C/C(=O)c1ccc(F)c(F)c1. The summed E-state index contributed by atoms with van der Waals surface area (Å²) in [7, 11) is 0. The fourth-order valence-corrected chi connectivity index (χ4v) is 0.919. The Hall–Kier alpha value is -2.24. The Morgan fingerprint density at radius 2 is 1.75 bits per heavy atom. The van der Waals surface area contributed by atoms with Crippen LogP contribution >= 0.6 is 0 Å². The number of allylic oxidation sites excluding steroid dienone is 1. The summed E-state index contributed by atoms with van der Waals surface area (Å²) >= 11 is 0. The van der Waals surface area contributed by atoms with Crippen molar-refractivity contribution in [1.29, 1.82) is 0 Å². The van der Waals surface area contributed by atoms with Gasteiger partial charge in [0, 0.05) is 11.6 Å². The van der Waals surface area contributed by atoms with Gasteiger partial charge in [-0.25, -0.2) is 13.6 Å². The van der Waals surface area contributed by atoms with E-state index in [-0.39, 0.29) is 5.56 Å². The average molecular weight is 228 g/mol. The first-order chi connectivity index (χ1) is 7.41. The Balaban J connectivity index is 3.02. The standard InChI is InChI=1S/C10H6F2O4/c11-6-2-1-5(3-7(6)12)8(13)4-9(14)10(15)16/h1-4,14H,(H,15,16)/b9-4-. The first-order valence-electron chi connectivity index (χ1n) is 4.05. The lowest BCUT2D eigenvalue weighted by molar-refractivity contribution is -0.135. The number of hydrogen-bond donors (Lipinski definition) is 2. The zero-order valence-electron chi connectivity index (χ0n) is 7.78. The molecule has 4 nitrogen and oxygen atoms in total. The van der Waals surface area contributed by atoms with Gasteiger partial charge in [0.05, 0.1) is 0 Å². The Morgan fingerprint density at radius 3 is 2.25 bits per heavy atom. The number of benzene rings is 1. The van der Waals surface area contributed by atoms with E-state index in [1.807, 2.05) is 0 Å². The zero-order valence-corrected chi connectivity index (χ0v) is 7.78. The van der Waals surface area contributed by atoms with Crippen LogP contribution in [0.3, 0.4) is 0 Å². The number of carboxylic acid groups (broad SMARTS) is 1. The number of carbonyl (C=O) groups is 2. The Bertz CT molecular complexity index is 480. The summed E-state index contributed by atoms with van der Waals surface area (Å²) in [5.74, 6) is -6.14. The van der Waals surface area contributed by atoms with E-state index >= 15 is 0 Å². The molecule has 6 heteroatoms. The van der Waals surface area contributed by atoms with Crippen LogP contribution in [0.15, 0.2) is 30.0 Å². The van der Waals surface area contributed by atoms with E-state index in [0.717, 1.165) is 12.1 Å². The summed E-state index contributed by atoms with van der Waals surface area (Å²) in [5.41, 5.74) is -0.258. The highest BCUT2D eigenvalue weighted by Crippen LogP contribution is 2.10. The molecule has 16 heavy (non-hydrogen) atoms. The molecule has 0 atom stereocenters. The third-order valence-electron chi connectivity index (χ3n) is 1.69.